The van der Waals surface area contributed by atoms with Gasteiger partial charge in [0.25, 0.3) is 17.7 Å². The van der Waals surface area contributed by atoms with Gasteiger partial charge < -0.3 is 15.4 Å². The monoisotopic (exact) mass is 577 g/mol. The van der Waals surface area contributed by atoms with Gasteiger partial charge in [-0.1, -0.05) is 41.9 Å². The molecule has 2 N–H and O–H groups in total. The zero-order valence-electron chi connectivity index (χ0n) is 20.9. The van der Waals surface area contributed by atoms with Crippen molar-refractivity contribution in [2.45, 2.75) is 6.18 Å². The normalized spacial score (nSPS) is 13.4. The van der Waals surface area contributed by atoms with Crippen LogP contribution in [0.25, 0.3) is 0 Å². The Hall–Kier alpha value is -5.09. The van der Waals surface area contributed by atoms with Crippen LogP contribution in [0, 0.1) is 0 Å². The smallest absolute Gasteiger partial charge is 0.416 e. The lowest BCUT2D eigenvalue weighted by Gasteiger charge is -2.16. The minimum absolute atomic E-state index is 0.0404. The minimum Gasteiger partial charge on any atom is -0.457 e. The van der Waals surface area contributed by atoms with Gasteiger partial charge in [-0.2, -0.15) is 13.2 Å². The molecule has 0 saturated carbocycles. The van der Waals surface area contributed by atoms with Crippen molar-refractivity contribution in [2.75, 3.05) is 15.5 Å². The van der Waals surface area contributed by atoms with Crippen LogP contribution in [-0.2, 0) is 15.8 Å². The fourth-order valence-corrected chi connectivity index (χ4v) is 4.21. The van der Waals surface area contributed by atoms with E-state index >= 15 is 0 Å². The second-order valence-corrected chi connectivity index (χ2v) is 9.16. The third-order valence-corrected chi connectivity index (χ3v) is 6.29. The molecule has 3 amide bonds. The number of nitrogens with zero attached hydrogens (tertiary/aromatic N) is 1. The Morgan fingerprint density at radius 2 is 1.41 bits per heavy atom. The van der Waals surface area contributed by atoms with Crippen molar-refractivity contribution in [3.05, 3.63) is 125 Å². The number of amides is 3. The third-order valence-electron chi connectivity index (χ3n) is 5.94. The quantitative estimate of drug-likeness (QED) is 0.227. The number of carbonyl (C=O) groups excluding carboxylic acids is 3. The molecule has 7 nitrogen and oxygen atoms in total. The summed E-state index contributed by atoms with van der Waals surface area (Å²) in [4.78, 5) is 39.7. The van der Waals surface area contributed by atoms with E-state index in [0.29, 0.717) is 11.5 Å². The van der Waals surface area contributed by atoms with Crippen LogP contribution in [0.2, 0.25) is 0 Å². The molecule has 11 heteroatoms. The van der Waals surface area contributed by atoms with Crippen LogP contribution in [0.4, 0.5) is 30.2 Å². The van der Waals surface area contributed by atoms with Gasteiger partial charge in [-0.05, 0) is 72.8 Å². The summed E-state index contributed by atoms with van der Waals surface area (Å²) in [6, 6.07) is 25.5. The van der Waals surface area contributed by atoms with E-state index in [1.54, 1.807) is 36.4 Å². The fraction of sp³-hybridized carbons (Fsp3) is 0.0333. The molecule has 0 spiro atoms. The average molecular weight is 578 g/mol. The van der Waals surface area contributed by atoms with Crippen molar-refractivity contribution >= 4 is 46.4 Å². The summed E-state index contributed by atoms with van der Waals surface area (Å²) in [7, 11) is 0. The van der Waals surface area contributed by atoms with Gasteiger partial charge >= 0.3 is 6.18 Å². The molecule has 206 valence electrons. The maximum atomic E-state index is 13.2. The Labute approximate surface area is 236 Å². The highest BCUT2D eigenvalue weighted by Gasteiger charge is 2.39. The Kier molecular flexibility index (Phi) is 7.50. The molecule has 1 heterocycles. The molecule has 0 atom stereocenters. The average Bonchev–Trinajstić information content (AvgIpc) is 3.17. The lowest BCUT2D eigenvalue weighted by molar-refractivity contribution is -0.137. The standard InChI is InChI=1S/C30H19ClF3N3O4/c31-25-26(29(40)37(28(25)39)22-12-14-24(15-13-22)41-23-10-2-1-3-11-23)35-20-8-4-6-18(16-20)27(38)36-21-9-5-7-19(17-21)30(32,33)34/h1-17,35H,(H,36,38). The number of hydrogen-bond donors (Lipinski definition) is 2. The Morgan fingerprint density at radius 1 is 0.756 bits per heavy atom. The summed E-state index contributed by atoms with van der Waals surface area (Å²) in [5.41, 5.74) is -0.529. The number of ether oxygens (including phenoxy) is 1. The van der Waals surface area contributed by atoms with Crippen molar-refractivity contribution in [1.82, 2.24) is 0 Å². The molecule has 5 rings (SSSR count). The van der Waals surface area contributed by atoms with Crippen LogP contribution in [0.1, 0.15) is 15.9 Å². The second kappa shape index (κ2) is 11.2. The topological polar surface area (TPSA) is 87.7 Å². The van der Waals surface area contributed by atoms with Gasteiger partial charge in [-0.3, -0.25) is 14.4 Å². The zero-order valence-corrected chi connectivity index (χ0v) is 21.7. The van der Waals surface area contributed by atoms with Crippen LogP contribution >= 0.6 is 11.6 Å². The van der Waals surface area contributed by atoms with E-state index in [9.17, 15) is 27.6 Å². The number of alkyl halides is 3. The van der Waals surface area contributed by atoms with Crippen molar-refractivity contribution in [3.8, 4) is 11.5 Å². The van der Waals surface area contributed by atoms with E-state index in [2.05, 4.69) is 10.6 Å². The highest BCUT2D eigenvalue weighted by atomic mass is 35.5. The van der Waals surface area contributed by atoms with E-state index in [4.69, 9.17) is 16.3 Å². The molecule has 0 aliphatic carbocycles. The number of benzene rings is 4. The zero-order chi connectivity index (χ0) is 29.1. The Bertz CT molecular complexity index is 1670. The lowest BCUT2D eigenvalue weighted by Crippen LogP contribution is -2.32. The summed E-state index contributed by atoms with van der Waals surface area (Å²) in [6.45, 7) is 0. The number of nitrogens with one attached hydrogen (secondary N) is 2. The summed E-state index contributed by atoms with van der Waals surface area (Å²) >= 11 is 6.23. The van der Waals surface area contributed by atoms with Gasteiger partial charge in [0.15, 0.2) is 0 Å². The van der Waals surface area contributed by atoms with E-state index in [-0.39, 0.29) is 33.4 Å². The molecule has 41 heavy (non-hydrogen) atoms. The summed E-state index contributed by atoms with van der Waals surface area (Å²) in [5.74, 6) is -1.02. The summed E-state index contributed by atoms with van der Waals surface area (Å²) in [5, 5.41) is 4.86. The number of carbonyl (C=O) groups is 3. The number of rotatable bonds is 7. The Balaban J connectivity index is 1.29. The molecule has 1 aliphatic heterocycles. The van der Waals surface area contributed by atoms with Crippen molar-refractivity contribution < 1.29 is 32.3 Å². The predicted molar refractivity (Wildman–Crippen MR) is 148 cm³/mol. The molecule has 0 unspecified atom stereocenters. The van der Waals surface area contributed by atoms with Crippen LogP contribution < -0.4 is 20.3 Å². The van der Waals surface area contributed by atoms with Crippen molar-refractivity contribution in [1.29, 1.82) is 0 Å². The van der Waals surface area contributed by atoms with Crippen molar-refractivity contribution in [2.24, 2.45) is 0 Å². The maximum absolute atomic E-state index is 13.2. The van der Waals surface area contributed by atoms with E-state index in [1.165, 1.54) is 36.4 Å². The molecule has 4 aromatic carbocycles. The van der Waals surface area contributed by atoms with Gasteiger partial charge in [-0.15, -0.1) is 0 Å². The number of para-hydroxylation sites is 1. The van der Waals surface area contributed by atoms with Gasteiger partial charge in [0.2, 0.25) is 0 Å². The van der Waals surface area contributed by atoms with Gasteiger partial charge in [0.05, 0.1) is 11.3 Å². The predicted octanol–water partition coefficient (Wildman–Crippen LogP) is 7.19. The maximum Gasteiger partial charge on any atom is 0.416 e. The van der Waals surface area contributed by atoms with Crippen LogP contribution in [0.15, 0.2) is 114 Å². The van der Waals surface area contributed by atoms with Gasteiger partial charge in [0, 0.05) is 16.9 Å². The van der Waals surface area contributed by atoms with E-state index in [0.717, 1.165) is 17.0 Å². The largest absolute Gasteiger partial charge is 0.457 e. The number of imide groups is 1. The van der Waals surface area contributed by atoms with Crippen molar-refractivity contribution in [3.63, 3.8) is 0 Å². The Morgan fingerprint density at radius 3 is 2.12 bits per heavy atom. The first-order chi connectivity index (χ1) is 19.6. The molecule has 0 saturated heterocycles. The molecule has 1 aliphatic rings. The van der Waals surface area contributed by atoms with Crippen LogP contribution in [0.3, 0.4) is 0 Å². The summed E-state index contributed by atoms with van der Waals surface area (Å²) in [6.07, 6.45) is -4.56. The first kappa shape index (κ1) is 27.5. The molecule has 0 radical (unpaired) electrons. The molecular weight excluding hydrogens is 559 g/mol. The first-order valence-electron chi connectivity index (χ1n) is 12.1. The van der Waals surface area contributed by atoms with Gasteiger partial charge in [-0.25, -0.2) is 4.90 Å². The molecular formula is C30H19ClF3N3O4. The molecule has 4 aromatic rings. The van der Waals surface area contributed by atoms with E-state index in [1.807, 2.05) is 18.2 Å². The SMILES string of the molecule is O=C(Nc1cccc(C(F)(F)F)c1)c1cccc(NC2=C(Cl)C(=O)N(c3ccc(Oc4ccccc4)cc3)C2=O)c1. The summed E-state index contributed by atoms with van der Waals surface area (Å²) < 4.78 is 44.7. The highest BCUT2D eigenvalue weighted by Crippen LogP contribution is 2.33. The van der Waals surface area contributed by atoms with Crippen LogP contribution in [0.5, 0.6) is 11.5 Å². The lowest BCUT2D eigenvalue weighted by atomic mass is 10.1. The molecule has 0 aromatic heterocycles. The first-order valence-corrected chi connectivity index (χ1v) is 12.5. The van der Waals surface area contributed by atoms with Crippen LogP contribution in [-0.4, -0.2) is 17.7 Å². The molecule has 0 bridgehead atoms. The molecule has 0 fully saturated rings. The van der Waals surface area contributed by atoms with E-state index < -0.39 is 29.5 Å². The minimum atomic E-state index is -4.56. The second-order valence-electron chi connectivity index (χ2n) is 8.78. The number of hydrogen-bond acceptors (Lipinski definition) is 5. The number of anilines is 3. The van der Waals surface area contributed by atoms with Gasteiger partial charge in [0.1, 0.15) is 22.2 Å². The highest BCUT2D eigenvalue weighted by molar-refractivity contribution is 6.53. The fourth-order valence-electron chi connectivity index (χ4n) is 3.99. The third kappa shape index (κ3) is 6.07. The number of halogens is 4.